The van der Waals surface area contributed by atoms with E-state index in [2.05, 4.69) is 4.90 Å². The smallest absolute Gasteiger partial charge is 0.128 e. The van der Waals surface area contributed by atoms with Crippen molar-refractivity contribution in [2.24, 2.45) is 11.7 Å². The van der Waals surface area contributed by atoms with Crippen molar-refractivity contribution in [2.45, 2.75) is 19.5 Å². The number of rotatable bonds is 4. The van der Waals surface area contributed by atoms with Gasteiger partial charge in [0.15, 0.2) is 0 Å². The molecule has 94 valence electrons. The summed E-state index contributed by atoms with van der Waals surface area (Å²) in [5.41, 5.74) is 6.99. The molecule has 1 fully saturated rings. The SMILES string of the molecule is NCc1ccc(CN2CCC(CO)C2)c(F)c1. The van der Waals surface area contributed by atoms with Gasteiger partial charge >= 0.3 is 0 Å². The Morgan fingerprint density at radius 3 is 2.88 bits per heavy atom. The van der Waals surface area contributed by atoms with E-state index in [0.717, 1.165) is 25.1 Å². The van der Waals surface area contributed by atoms with Gasteiger partial charge < -0.3 is 10.8 Å². The Labute approximate surface area is 101 Å². The van der Waals surface area contributed by atoms with Gasteiger partial charge in [-0.1, -0.05) is 12.1 Å². The van der Waals surface area contributed by atoms with Gasteiger partial charge in [-0.2, -0.15) is 0 Å². The molecule has 0 aromatic heterocycles. The van der Waals surface area contributed by atoms with Crippen LogP contribution in [-0.4, -0.2) is 29.7 Å². The number of nitrogens with zero attached hydrogens (tertiary/aromatic N) is 1. The summed E-state index contributed by atoms with van der Waals surface area (Å²) < 4.78 is 13.7. The van der Waals surface area contributed by atoms with Crippen LogP contribution in [0.3, 0.4) is 0 Å². The van der Waals surface area contributed by atoms with E-state index in [-0.39, 0.29) is 12.4 Å². The molecule has 3 N–H and O–H groups in total. The van der Waals surface area contributed by atoms with E-state index in [1.807, 2.05) is 12.1 Å². The normalized spacial score (nSPS) is 21.0. The van der Waals surface area contributed by atoms with E-state index >= 15 is 0 Å². The zero-order valence-corrected chi connectivity index (χ0v) is 9.90. The molecule has 0 radical (unpaired) electrons. The molecule has 1 unspecified atom stereocenters. The number of likely N-dealkylation sites (tertiary alicyclic amines) is 1. The van der Waals surface area contributed by atoms with Crippen molar-refractivity contribution in [3.8, 4) is 0 Å². The van der Waals surface area contributed by atoms with Gasteiger partial charge in [-0.25, -0.2) is 4.39 Å². The maximum absolute atomic E-state index is 13.7. The van der Waals surface area contributed by atoms with Crippen molar-refractivity contribution >= 4 is 0 Å². The summed E-state index contributed by atoms with van der Waals surface area (Å²) >= 11 is 0. The highest BCUT2D eigenvalue weighted by Gasteiger charge is 2.22. The lowest BCUT2D eigenvalue weighted by Gasteiger charge is -2.16. The van der Waals surface area contributed by atoms with E-state index in [1.54, 1.807) is 0 Å². The zero-order valence-electron chi connectivity index (χ0n) is 9.90. The molecule has 1 aliphatic rings. The summed E-state index contributed by atoms with van der Waals surface area (Å²) in [6, 6.07) is 5.19. The number of benzene rings is 1. The summed E-state index contributed by atoms with van der Waals surface area (Å²) in [6.07, 6.45) is 0.999. The first-order valence-electron chi connectivity index (χ1n) is 6.03. The minimum Gasteiger partial charge on any atom is -0.396 e. The molecule has 2 rings (SSSR count). The van der Waals surface area contributed by atoms with Crippen LogP contribution >= 0.6 is 0 Å². The number of hydrogen-bond acceptors (Lipinski definition) is 3. The molecule has 0 amide bonds. The number of halogens is 1. The zero-order chi connectivity index (χ0) is 12.3. The van der Waals surface area contributed by atoms with Crippen LogP contribution in [0.2, 0.25) is 0 Å². The number of nitrogens with two attached hydrogens (primary N) is 1. The number of aliphatic hydroxyl groups is 1. The molecule has 1 aromatic rings. The Bertz CT molecular complexity index is 384. The molecule has 1 heterocycles. The van der Waals surface area contributed by atoms with Crippen molar-refractivity contribution in [1.82, 2.24) is 4.90 Å². The van der Waals surface area contributed by atoms with Crippen LogP contribution in [0.5, 0.6) is 0 Å². The summed E-state index contributed by atoms with van der Waals surface area (Å²) in [4.78, 5) is 2.18. The van der Waals surface area contributed by atoms with Gasteiger partial charge in [0.05, 0.1) is 0 Å². The number of hydrogen-bond donors (Lipinski definition) is 2. The first kappa shape index (κ1) is 12.5. The van der Waals surface area contributed by atoms with Gasteiger partial charge in [-0.05, 0) is 30.5 Å². The Balaban J connectivity index is 1.99. The molecule has 1 aliphatic heterocycles. The highest BCUT2D eigenvalue weighted by molar-refractivity contribution is 5.24. The van der Waals surface area contributed by atoms with E-state index in [9.17, 15) is 4.39 Å². The lowest BCUT2D eigenvalue weighted by atomic mass is 10.1. The standard InChI is InChI=1S/C13H19FN2O/c14-13-5-10(6-15)1-2-12(13)8-16-4-3-11(7-16)9-17/h1-2,5,11,17H,3-4,6-9,15H2. The third kappa shape index (κ3) is 3.03. The lowest BCUT2D eigenvalue weighted by molar-refractivity contribution is 0.219. The van der Waals surface area contributed by atoms with E-state index in [0.29, 0.717) is 24.6 Å². The van der Waals surface area contributed by atoms with Crippen LogP contribution < -0.4 is 5.73 Å². The fraction of sp³-hybridized carbons (Fsp3) is 0.538. The van der Waals surface area contributed by atoms with Crippen molar-refractivity contribution in [3.05, 3.63) is 35.1 Å². The summed E-state index contributed by atoms with van der Waals surface area (Å²) in [5.74, 6) is 0.168. The molecule has 3 nitrogen and oxygen atoms in total. The quantitative estimate of drug-likeness (QED) is 0.826. The van der Waals surface area contributed by atoms with Gasteiger partial charge in [0.1, 0.15) is 5.82 Å². The molecule has 1 aromatic carbocycles. The van der Waals surface area contributed by atoms with Crippen molar-refractivity contribution in [3.63, 3.8) is 0 Å². The van der Waals surface area contributed by atoms with Crippen LogP contribution in [-0.2, 0) is 13.1 Å². The minimum atomic E-state index is -0.180. The topological polar surface area (TPSA) is 49.5 Å². The fourth-order valence-corrected chi connectivity index (χ4v) is 2.29. The van der Waals surface area contributed by atoms with E-state index in [4.69, 9.17) is 10.8 Å². The van der Waals surface area contributed by atoms with Crippen LogP contribution in [0.4, 0.5) is 4.39 Å². The molecule has 0 spiro atoms. The predicted molar refractivity (Wildman–Crippen MR) is 64.8 cm³/mol. The molecule has 0 saturated carbocycles. The third-order valence-electron chi connectivity index (χ3n) is 3.38. The lowest BCUT2D eigenvalue weighted by Crippen LogP contribution is -2.21. The van der Waals surface area contributed by atoms with Crippen molar-refractivity contribution < 1.29 is 9.50 Å². The Morgan fingerprint density at radius 2 is 2.29 bits per heavy atom. The van der Waals surface area contributed by atoms with Gasteiger partial charge in [0, 0.05) is 31.8 Å². The second-order valence-corrected chi connectivity index (χ2v) is 4.70. The Kier molecular flexibility index (Phi) is 4.10. The third-order valence-corrected chi connectivity index (χ3v) is 3.38. The van der Waals surface area contributed by atoms with Crippen LogP contribution in [0.25, 0.3) is 0 Å². The van der Waals surface area contributed by atoms with Crippen LogP contribution in [0, 0.1) is 11.7 Å². The van der Waals surface area contributed by atoms with E-state index in [1.165, 1.54) is 6.07 Å². The summed E-state index contributed by atoms with van der Waals surface area (Å²) in [5, 5.41) is 9.06. The van der Waals surface area contributed by atoms with Gasteiger partial charge in [0.25, 0.3) is 0 Å². The van der Waals surface area contributed by atoms with Gasteiger partial charge in [-0.3, -0.25) is 4.90 Å². The summed E-state index contributed by atoms with van der Waals surface area (Å²) in [7, 11) is 0. The first-order chi connectivity index (χ1) is 8.22. The fourth-order valence-electron chi connectivity index (χ4n) is 2.29. The second-order valence-electron chi connectivity index (χ2n) is 4.70. The second kappa shape index (κ2) is 5.58. The molecule has 0 bridgehead atoms. The van der Waals surface area contributed by atoms with Gasteiger partial charge in [-0.15, -0.1) is 0 Å². The maximum Gasteiger partial charge on any atom is 0.128 e. The molecular weight excluding hydrogens is 219 g/mol. The van der Waals surface area contributed by atoms with Gasteiger partial charge in [0.2, 0.25) is 0 Å². The number of aliphatic hydroxyl groups excluding tert-OH is 1. The molecule has 4 heteroatoms. The van der Waals surface area contributed by atoms with Crippen molar-refractivity contribution in [1.29, 1.82) is 0 Å². The van der Waals surface area contributed by atoms with Crippen LogP contribution in [0.1, 0.15) is 17.5 Å². The predicted octanol–water partition coefficient (Wildman–Crippen LogP) is 1.10. The minimum absolute atomic E-state index is 0.180. The van der Waals surface area contributed by atoms with Crippen LogP contribution in [0.15, 0.2) is 18.2 Å². The Morgan fingerprint density at radius 1 is 1.47 bits per heavy atom. The molecule has 0 aliphatic carbocycles. The Hall–Kier alpha value is -0.970. The molecular formula is C13H19FN2O. The molecule has 1 atom stereocenters. The average molecular weight is 238 g/mol. The first-order valence-corrected chi connectivity index (χ1v) is 6.03. The molecule has 1 saturated heterocycles. The van der Waals surface area contributed by atoms with Crippen molar-refractivity contribution in [2.75, 3.05) is 19.7 Å². The highest BCUT2D eigenvalue weighted by atomic mass is 19.1. The summed E-state index contributed by atoms with van der Waals surface area (Å²) in [6.45, 7) is 3.00. The highest BCUT2D eigenvalue weighted by Crippen LogP contribution is 2.19. The van der Waals surface area contributed by atoms with E-state index < -0.39 is 0 Å². The monoisotopic (exact) mass is 238 g/mol. The maximum atomic E-state index is 13.7. The average Bonchev–Trinajstić information content (AvgIpc) is 2.79. The largest absolute Gasteiger partial charge is 0.396 e. The molecule has 17 heavy (non-hydrogen) atoms.